The van der Waals surface area contributed by atoms with Gasteiger partial charge in [-0.3, -0.25) is 14.9 Å². The molecule has 0 radical (unpaired) electrons. The van der Waals surface area contributed by atoms with Crippen LogP contribution >= 0.6 is 11.6 Å². The number of non-ortho nitro benzene ring substituents is 1. The summed E-state index contributed by atoms with van der Waals surface area (Å²) in [5, 5.41) is 9.55. The second-order valence-electron chi connectivity index (χ2n) is 3.90. The number of nitro groups is 1. The zero-order valence-corrected chi connectivity index (χ0v) is 10.7. The summed E-state index contributed by atoms with van der Waals surface area (Å²) in [5.41, 5.74) is 0.193. The molecule has 2 rings (SSSR count). The highest BCUT2D eigenvalue weighted by Crippen LogP contribution is 2.12. The molecule has 1 unspecified atom stereocenters. The minimum Gasteiger partial charge on any atom is -0.379 e. The first kappa shape index (κ1) is 14.6. The van der Waals surface area contributed by atoms with Gasteiger partial charge >= 0.3 is 0 Å². The molecule has 0 N–H and O–H groups in total. The monoisotopic (exact) mass is 271 g/mol. The van der Waals surface area contributed by atoms with Crippen LogP contribution < -0.4 is 0 Å². The maximum absolute atomic E-state index is 10.5. The number of carbonyl (C=O) groups excluding carboxylic acids is 1. The van der Waals surface area contributed by atoms with E-state index in [0.717, 1.165) is 6.61 Å². The molecule has 1 aliphatic heterocycles. The topological polar surface area (TPSA) is 69.4 Å². The first-order chi connectivity index (χ1) is 8.50. The predicted octanol–water partition coefficient (Wildman–Crippen LogP) is 3.16. The van der Waals surface area contributed by atoms with Crippen LogP contribution in [0.2, 0.25) is 0 Å². The summed E-state index contributed by atoms with van der Waals surface area (Å²) in [7, 11) is 0. The lowest BCUT2D eigenvalue weighted by atomic mass is 10.2. The molecular formula is C12H14ClNO4. The van der Waals surface area contributed by atoms with Crippen molar-refractivity contribution >= 4 is 22.5 Å². The van der Waals surface area contributed by atoms with Gasteiger partial charge < -0.3 is 4.74 Å². The smallest absolute Gasteiger partial charge is 0.269 e. The molecule has 1 fully saturated rings. The van der Waals surface area contributed by atoms with Gasteiger partial charge in [-0.1, -0.05) is 0 Å². The van der Waals surface area contributed by atoms with Gasteiger partial charge in [-0.2, -0.15) is 0 Å². The lowest BCUT2D eigenvalue weighted by Gasteiger charge is -1.94. The Balaban J connectivity index is 0.000000225. The van der Waals surface area contributed by atoms with Gasteiger partial charge in [-0.25, -0.2) is 0 Å². The molecule has 0 amide bonds. The van der Waals surface area contributed by atoms with Gasteiger partial charge in [0.15, 0.2) is 0 Å². The van der Waals surface area contributed by atoms with Crippen LogP contribution in [0.1, 0.15) is 30.1 Å². The Hall–Kier alpha value is -1.46. The zero-order valence-electron chi connectivity index (χ0n) is 9.97. The van der Waals surface area contributed by atoms with Crippen molar-refractivity contribution in [3.05, 3.63) is 39.9 Å². The molecule has 0 aromatic heterocycles. The Labute approximate surface area is 110 Å². The number of hydrogen-bond donors (Lipinski definition) is 0. The van der Waals surface area contributed by atoms with Gasteiger partial charge in [0.05, 0.1) is 11.0 Å². The van der Waals surface area contributed by atoms with E-state index in [-0.39, 0.29) is 11.3 Å². The highest BCUT2D eigenvalue weighted by Gasteiger charge is 2.07. The van der Waals surface area contributed by atoms with E-state index >= 15 is 0 Å². The first-order valence-electron chi connectivity index (χ1n) is 5.56. The fourth-order valence-corrected chi connectivity index (χ4v) is 1.58. The van der Waals surface area contributed by atoms with Crippen LogP contribution in [0, 0.1) is 10.1 Å². The van der Waals surface area contributed by atoms with E-state index < -0.39 is 10.2 Å². The number of carbonyl (C=O) groups is 1. The highest BCUT2D eigenvalue weighted by atomic mass is 35.5. The summed E-state index contributed by atoms with van der Waals surface area (Å²) >= 11 is 5.13. The largest absolute Gasteiger partial charge is 0.379 e. The summed E-state index contributed by atoms with van der Waals surface area (Å²) in [5.74, 6) is 0. The average molecular weight is 272 g/mol. The van der Waals surface area contributed by atoms with Gasteiger partial charge in [0.1, 0.15) is 0 Å². The zero-order chi connectivity index (χ0) is 13.5. The van der Waals surface area contributed by atoms with E-state index in [1.807, 2.05) is 0 Å². The SMILES string of the molecule is CC1CCCO1.O=C(Cl)c1ccc([N+](=O)[O-])cc1. The molecule has 1 atom stereocenters. The van der Waals surface area contributed by atoms with Crippen molar-refractivity contribution in [1.29, 1.82) is 0 Å². The van der Waals surface area contributed by atoms with Crippen molar-refractivity contribution in [2.75, 3.05) is 6.61 Å². The number of rotatable bonds is 2. The van der Waals surface area contributed by atoms with E-state index in [0.29, 0.717) is 6.10 Å². The molecule has 98 valence electrons. The van der Waals surface area contributed by atoms with Gasteiger partial charge in [-0.15, -0.1) is 0 Å². The molecule has 18 heavy (non-hydrogen) atoms. The second-order valence-corrected chi connectivity index (χ2v) is 4.24. The van der Waals surface area contributed by atoms with Crippen molar-refractivity contribution in [3.63, 3.8) is 0 Å². The van der Waals surface area contributed by atoms with Crippen molar-refractivity contribution in [2.24, 2.45) is 0 Å². The summed E-state index contributed by atoms with van der Waals surface area (Å²) in [6.45, 7) is 3.11. The summed E-state index contributed by atoms with van der Waals surface area (Å²) < 4.78 is 5.15. The van der Waals surface area contributed by atoms with Crippen LogP contribution in [0.15, 0.2) is 24.3 Å². The van der Waals surface area contributed by atoms with Crippen LogP contribution in [0.25, 0.3) is 0 Å². The van der Waals surface area contributed by atoms with Gasteiger partial charge in [-0.05, 0) is 43.5 Å². The minimum atomic E-state index is -0.620. The fraction of sp³-hybridized carbons (Fsp3) is 0.417. The number of ether oxygens (including phenoxy) is 1. The van der Waals surface area contributed by atoms with Gasteiger partial charge in [0.25, 0.3) is 10.9 Å². The Morgan fingerprint density at radius 3 is 2.33 bits per heavy atom. The molecule has 1 aliphatic rings. The van der Waals surface area contributed by atoms with Gasteiger partial charge in [0.2, 0.25) is 0 Å². The van der Waals surface area contributed by atoms with Crippen molar-refractivity contribution in [1.82, 2.24) is 0 Å². The normalized spacial score (nSPS) is 17.8. The minimum absolute atomic E-state index is 0.0586. The Morgan fingerprint density at radius 2 is 2.06 bits per heavy atom. The lowest BCUT2D eigenvalue weighted by Crippen LogP contribution is -1.94. The third kappa shape index (κ3) is 4.81. The summed E-state index contributed by atoms with van der Waals surface area (Å²) in [6, 6.07) is 5.09. The number of benzene rings is 1. The van der Waals surface area contributed by atoms with Crippen molar-refractivity contribution in [2.45, 2.75) is 25.9 Å². The van der Waals surface area contributed by atoms with Crippen LogP contribution in [0.5, 0.6) is 0 Å². The number of hydrogen-bond acceptors (Lipinski definition) is 4. The predicted molar refractivity (Wildman–Crippen MR) is 67.9 cm³/mol. The Bertz CT molecular complexity index is 380. The van der Waals surface area contributed by atoms with Crippen LogP contribution in [0.3, 0.4) is 0 Å². The standard InChI is InChI=1S/C7H4ClNO3.C5H10O/c8-7(10)5-1-3-6(4-2-5)9(11)12;1-5-3-2-4-6-5/h1-4H;5H,2-4H2,1H3. The summed E-state index contributed by atoms with van der Waals surface area (Å²) in [6.07, 6.45) is 3.08. The number of nitro benzene ring substituents is 1. The van der Waals surface area contributed by atoms with E-state index in [2.05, 4.69) is 6.92 Å². The average Bonchev–Trinajstić information content (AvgIpc) is 2.81. The van der Waals surface area contributed by atoms with E-state index in [1.165, 1.54) is 37.1 Å². The first-order valence-corrected chi connectivity index (χ1v) is 5.94. The fourth-order valence-electron chi connectivity index (χ4n) is 1.45. The van der Waals surface area contributed by atoms with Gasteiger partial charge in [0, 0.05) is 24.3 Å². The molecule has 0 spiro atoms. The molecule has 0 bridgehead atoms. The number of halogens is 1. The number of nitrogens with zero attached hydrogens (tertiary/aromatic N) is 1. The third-order valence-electron chi connectivity index (χ3n) is 2.46. The highest BCUT2D eigenvalue weighted by molar-refractivity contribution is 6.67. The molecular weight excluding hydrogens is 258 g/mol. The maximum atomic E-state index is 10.5. The molecule has 1 saturated heterocycles. The second kappa shape index (κ2) is 7.08. The maximum Gasteiger partial charge on any atom is 0.269 e. The van der Waals surface area contributed by atoms with E-state index in [4.69, 9.17) is 16.3 Å². The van der Waals surface area contributed by atoms with E-state index in [1.54, 1.807) is 0 Å². The van der Waals surface area contributed by atoms with Crippen molar-refractivity contribution < 1.29 is 14.5 Å². The summed E-state index contributed by atoms with van der Waals surface area (Å²) in [4.78, 5) is 20.2. The lowest BCUT2D eigenvalue weighted by molar-refractivity contribution is -0.384. The van der Waals surface area contributed by atoms with Crippen molar-refractivity contribution in [3.8, 4) is 0 Å². The molecule has 1 aromatic rings. The quantitative estimate of drug-likeness (QED) is 0.471. The third-order valence-corrected chi connectivity index (χ3v) is 2.68. The molecule has 0 aliphatic carbocycles. The Kier molecular flexibility index (Phi) is 5.74. The van der Waals surface area contributed by atoms with Crippen LogP contribution in [0.4, 0.5) is 5.69 Å². The molecule has 6 heteroatoms. The van der Waals surface area contributed by atoms with Crippen LogP contribution in [-0.4, -0.2) is 22.9 Å². The molecule has 1 heterocycles. The van der Waals surface area contributed by atoms with E-state index in [9.17, 15) is 14.9 Å². The van der Waals surface area contributed by atoms with Crippen LogP contribution in [-0.2, 0) is 4.74 Å². The Morgan fingerprint density at radius 1 is 1.44 bits per heavy atom. The molecule has 0 saturated carbocycles. The molecule has 1 aromatic carbocycles. The molecule has 5 nitrogen and oxygen atoms in total.